The number of aryl methyl sites for hydroxylation is 1. The number of anilines is 1. The Morgan fingerprint density at radius 2 is 2.07 bits per heavy atom. The zero-order chi connectivity index (χ0) is 11.3. The van der Waals surface area contributed by atoms with Crippen molar-refractivity contribution in [3.8, 4) is 0 Å². The fourth-order valence-electron chi connectivity index (χ4n) is 1.32. The van der Waals surface area contributed by atoms with Gasteiger partial charge in [-0.2, -0.15) is 0 Å². The van der Waals surface area contributed by atoms with Crippen molar-refractivity contribution in [1.29, 1.82) is 0 Å². The first-order chi connectivity index (χ1) is 7.09. The molecule has 0 amide bonds. The van der Waals surface area contributed by atoms with Gasteiger partial charge in [-0.05, 0) is 25.8 Å². The molecular weight excluding hydrogens is 188 g/mol. The zero-order valence-corrected chi connectivity index (χ0v) is 9.75. The molecule has 1 heterocycles. The first-order valence-electron chi connectivity index (χ1n) is 5.42. The van der Waals surface area contributed by atoms with E-state index in [1.54, 1.807) is 6.20 Å². The minimum absolute atomic E-state index is 0.140. The van der Waals surface area contributed by atoms with E-state index in [4.69, 9.17) is 5.73 Å². The molecule has 1 aromatic rings. The van der Waals surface area contributed by atoms with Crippen molar-refractivity contribution in [2.75, 3.05) is 11.9 Å². The van der Waals surface area contributed by atoms with Crippen LogP contribution >= 0.6 is 0 Å². The molecule has 0 unspecified atom stereocenters. The van der Waals surface area contributed by atoms with Gasteiger partial charge < -0.3 is 11.1 Å². The first-order valence-corrected chi connectivity index (χ1v) is 5.42. The van der Waals surface area contributed by atoms with E-state index in [2.05, 4.69) is 29.1 Å². The summed E-state index contributed by atoms with van der Waals surface area (Å²) in [5, 5.41) is 3.25. The molecule has 84 valence electrons. The number of rotatable bonds is 5. The predicted molar refractivity (Wildman–Crippen MR) is 62.8 cm³/mol. The second-order valence-electron chi connectivity index (χ2n) is 3.91. The van der Waals surface area contributed by atoms with Crippen LogP contribution in [0.15, 0.2) is 12.3 Å². The third kappa shape index (κ3) is 3.47. The maximum absolute atomic E-state index is 6.18. The largest absolute Gasteiger partial charge is 0.368 e. The number of nitrogens with one attached hydrogen (secondary N) is 1. The Morgan fingerprint density at radius 3 is 2.60 bits per heavy atom. The number of hydrogen-bond acceptors (Lipinski definition) is 4. The number of nitrogens with zero attached hydrogens (tertiary/aromatic N) is 2. The Hall–Kier alpha value is -1.16. The summed E-state index contributed by atoms with van der Waals surface area (Å²) >= 11 is 0. The normalized spacial score (nSPS) is 11.5. The molecule has 15 heavy (non-hydrogen) atoms. The molecular formula is C11H20N4. The average Bonchev–Trinajstić information content (AvgIpc) is 2.26. The van der Waals surface area contributed by atoms with Crippen LogP contribution in [0.2, 0.25) is 0 Å². The summed E-state index contributed by atoms with van der Waals surface area (Å²) in [6.45, 7) is 6.84. The standard InChI is InChI=1S/C11H20N4/c1-4-11(12,5-2)8-14-10-6-7-13-9(3)15-10/h6-7H,4-5,8,12H2,1-3H3,(H,13,14,15). The van der Waals surface area contributed by atoms with E-state index in [9.17, 15) is 0 Å². The lowest BCUT2D eigenvalue weighted by Crippen LogP contribution is -2.45. The van der Waals surface area contributed by atoms with Crippen molar-refractivity contribution in [2.24, 2.45) is 5.73 Å². The molecule has 4 heteroatoms. The van der Waals surface area contributed by atoms with Crippen LogP contribution < -0.4 is 11.1 Å². The molecule has 1 rings (SSSR count). The lowest BCUT2D eigenvalue weighted by atomic mass is 9.94. The Bertz CT molecular complexity index is 307. The molecule has 4 nitrogen and oxygen atoms in total. The van der Waals surface area contributed by atoms with E-state index < -0.39 is 0 Å². The Labute approximate surface area is 91.3 Å². The van der Waals surface area contributed by atoms with Crippen LogP contribution in [0.25, 0.3) is 0 Å². The van der Waals surface area contributed by atoms with E-state index in [1.165, 1.54) is 0 Å². The van der Waals surface area contributed by atoms with Gasteiger partial charge in [0.25, 0.3) is 0 Å². The van der Waals surface area contributed by atoms with Crippen LogP contribution in [0.3, 0.4) is 0 Å². The fraction of sp³-hybridized carbons (Fsp3) is 0.636. The SMILES string of the molecule is CCC(N)(CC)CNc1ccnc(C)n1. The van der Waals surface area contributed by atoms with Crippen LogP contribution in [0, 0.1) is 6.92 Å². The van der Waals surface area contributed by atoms with E-state index in [0.717, 1.165) is 31.0 Å². The van der Waals surface area contributed by atoms with E-state index in [-0.39, 0.29) is 5.54 Å². The van der Waals surface area contributed by atoms with E-state index >= 15 is 0 Å². The van der Waals surface area contributed by atoms with Gasteiger partial charge in [0.2, 0.25) is 0 Å². The molecule has 0 radical (unpaired) electrons. The smallest absolute Gasteiger partial charge is 0.129 e. The third-order valence-corrected chi connectivity index (χ3v) is 2.81. The second-order valence-corrected chi connectivity index (χ2v) is 3.91. The Balaban J connectivity index is 2.56. The van der Waals surface area contributed by atoms with Crippen LogP contribution in [0.5, 0.6) is 0 Å². The quantitative estimate of drug-likeness (QED) is 0.773. The van der Waals surface area contributed by atoms with Crippen LogP contribution in [0.4, 0.5) is 5.82 Å². The van der Waals surface area contributed by atoms with Gasteiger partial charge in [0.05, 0.1) is 0 Å². The van der Waals surface area contributed by atoms with Crippen molar-refractivity contribution in [1.82, 2.24) is 9.97 Å². The van der Waals surface area contributed by atoms with Gasteiger partial charge in [-0.3, -0.25) is 0 Å². The molecule has 0 aliphatic heterocycles. The van der Waals surface area contributed by atoms with Crippen LogP contribution in [0.1, 0.15) is 32.5 Å². The van der Waals surface area contributed by atoms with Crippen molar-refractivity contribution in [2.45, 2.75) is 39.2 Å². The number of nitrogens with two attached hydrogens (primary N) is 1. The molecule has 0 aliphatic carbocycles. The van der Waals surface area contributed by atoms with Crippen LogP contribution in [-0.2, 0) is 0 Å². The zero-order valence-electron chi connectivity index (χ0n) is 9.75. The summed E-state index contributed by atoms with van der Waals surface area (Å²) in [6.07, 6.45) is 3.67. The molecule has 0 aliphatic rings. The van der Waals surface area contributed by atoms with Gasteiger partial charge in [-0.15, -0.1) is 0 Å². The summed E-state index contributed by atoms with van der Waals surface area (Å²) in [5.74, 6) is 1.62. The molecule has 1 aromatic heterocycles. The van der Waals surface area contributed by atoms with Gasteiger partial charge in [0.15, 0.2) is 0 Å². The molecule has 0 spiro atoms. The minimum Gasteiger partial charge on any atom is -0.368 e. The molecule has 0 bridgehead atoms. The monoisotopic (exact) mass is 208 g/mol. The Morgan fingerprint density at radius 1 is 1.40 bits per heavy atom. The van der Waals surface area contributed by atoms with Gasteiger partial charge in [0.1, 0.15) is 11.6 Å². The van der Waals surface area contributed by atoms with E-state index in [1.807, 2.05) is 13.0 Å². The maximum atomic E-state index is 6.18. The summed E-state index contributed by atoms with van der Waals surface area (Å²) < 4.78 is 0. The third-order valence-electron chi connectivity index (χ3n) is 2.81. The van der Waals surface area contributed by atoms with Gasteiger partial charge in [0, 0.05) is 18.3 Å². The lowest BCUT2D eigenvalue weighted by molar-refractivity contribution is 0.418. The minimum atomic E-state index is -0.140. The molecule has 0 saturated heterocycles. The highest BCUT2D eigenvalue weighted by molar-refractivity contribution is 5.33. The summed E-state index contributed by atoms with van der Waals surface area (Å²) in [6, 6.07) is 1.86. The molecule has 0 fully saturated rings. The van der Waals surface area contributed by atoms with Crippen molar-refractivity contribution < 1.29 is 0 Å². The lowest BCUT2D eigenvalue weighted by Gasteiger charge is -2.27. The number of hydrogen-bond donors (Lipinski definition) is 2. The summed E-state index contributed by atoms with van der Waals surface area (Å²) in [4.78, 5) is 8.31. The molecule has 0 aromatic carbocycles. The maximum Gasteiger partial charge on any atom is 0.129 e. The van der Waals surface area contributed by atoms with E-state index in [0.29, 0.717) is 0 Å². The van der Waals surface area contributed by atoms with Crippen molar-refractivity contribution >= 4 is 5.82 Å². The molecule has 0 atom stereocenters. The summed E-state index contributed by atoms with van der Waals surface area (Å²) in [7, 11) is 0. The first kappa shape index (κ1) is 11.9. The molecule has 0 saturated carbocycles. The highest BCUT2D eigenvalue weighted by Gasteiger charge is 2.19. The summed E-state index contributed by atoms with van der Waals surface area (Å²) in [5.41, 5.74) is 6.04. The topological polar surface area (TPSA) is 63.8 Å². The number of aromatic nitrogens is 2. The van der Waals surface area contributed by atoms with Crippen molar-refractivity contribution in [3.63, 3.8) is 0 Å². The van der Waals surface area contributed by atoms with Gasteiger partial charge >= 0.3 is 0 Å². The fourth-order valence-corrected chi connectivity index (χ4v) is 1.32. The van der Waals surface area contributed by atoms with Gasteiger partial charge in [-0.25, -0.2) is 9.97 Å². The average molecular weight is 208 g/mol. The van der Waals surface area contributed by atoms with Crippen molar-refractivity contribution in [3.05, 3.63) is 18.1 Å². The van der Waals surface area contributed by atoms with Crippen LogP contribution in [-0.4, -0.2) is 22.1 Å². The predicted octanol–water partition coefficient (Wildman–Crippen LogP) is 1.71. The van der Waals surface area contributed by atoms with Gasteiger partial charge in [-0.1, -0.05) is 13.8 Å². The Kier molecular flexibility index (Phi) is 4.03. The highest BCUT2D eigenvalue weighted by Crippen LogP contribution is 2.12. The highest BCUT2D eigenvalue weighted by atomic mass is 15.0. The molecule has 3 N–H and O–H groups in total. The second kappa shape index (κ2) is 5.07.